The molecule has 16 heavy (non-hydrogen) atoms. The quantitative estimate of drug-likeness (QED) is 0.765. The van der Waals surface area contributed by atoms with Crippen LogP contribution < -0.4 is 0 Å². The van der Waals surface area contributed by atoms with Gasteiger partial charge < -0.3 is 5.11 Å². The number of hydrogen-bond donors (Lipinski definition) is 1. The summed E-state index contributed by atoms with van der Waals surface area (Å²) in [5.41, 5.74) is 0. The van der Waals surface area contributed by atoms with Crippen molar-refractivity contribution < 1.29 is 14.1 Å². The van der Waals surface area contributed by atoms with Crippen molar-refractivity contribution in [2.24, 2.45) is 5.92 Å². The van der Waals surface area contributed by atoms with Gasteiger partial charge >= 0.3 is 5.97 Å². The molecule has 1 saturated carbocycles. The van der Waals surface area contributed by atoms with Crippen LogP contribution in [0.25, 0.3) is 0 Å². The smallest absolute Gasteiger partial charge is 0.320 e. The molecule has 0 bridgehead atoms. The lowest BCUT2D eigenvalue weighted by Crippen LogP contribution is -2.52. The maximum Gasteiger partial charge on any atom is 0.320 e. The van der Waals surface area contributed by atoms with Gasteiger partial charge in [-0.05, 0) is 25.7 Å². The first-order valence-electron chi connectivity index (χ1n) is 5.68. The molecule has 1 aliphatic heterocycles. The van der Waals surface area contributed by atoms with Gasteiger partial charge in [-0.15, -0.1) is 0 Å². The molecule has 92 valence electrons. The summed E-state index contributed by atoms with van der Waals surface area (Å²) in [6, 6.07) is -0.535. The molecule has 2 fully saturated rings. The van der Waals surface area contributed by atoms with Crippen LogP contribution in [0.2, 0.25) is 0 Å². The fourth-order valence-corrected chi connectivity index (χ4v) is 3.32. The Morgan fingerprint density at radius 1 is 1.50 bits per heavy atom. The summed E-state index contributed by atoms with van der Waals surface area (Å²) in [5, 5.41) is 8.89. The fourth-order valence-electron chi connectivity index (χ4n) is 1.85. The Morgan fingerprint density at radius 3 is 2.69 bits per heavy atom. The van der Waals surface area contributed by atoms with Gasteiger partial charge in [-0.2, -0.15) is 0 Å². The van der Waals surface area contributed by atoms with Crippen LogP contribution in [-0.2, 0) is 15.8 Å². The molecule has 0 aromatic carbocycles. The van der Waals surface area contributed by atoms with Crippen LogP contribution in [0.3, 0.4) is 0 Å². The molecular formula is C10H18N2O3S. The normalized spacial score (nSPS) is 30.2. The van der Waals surface area contributed by atoms with Gasteiger partial charge in [0.15, 0.2) is 0 Å². The Kier molecular flexibility index (Phi) is 3.61. The van der Waals surface area contributed by atoms with E-state index in [2.05, 4.69) is 0 Å². The highest BCUT2D eigenvalue weighted by molar-refractivity contribution is 7.82. The molecule has 0 spiro atoms. The van der Waals surface area contributed by atoms with Crippen molar-refractivity contribution in [2.45, 2.75) is 25.8 Å². The molecule has 1 aliphatic carbocycles. The van der Waals surface area contributed by atoms with Crippen LogP contribution in [0, 0.1) is 5.92 Å². The number of carboxylic acid groups (broad SMARTS) is 1. The van der Waals surface area contributed by atoms with Gasteiger partial charge in [0, 0.05) is 19.6 Å². The van der Waals surface area contributed by atoms with Gasteiger partial charge in [0.2, 0.25) is 0 Å². The van der Waals surface area contributed by atoms with E-state index in [1.807, 2.05) is 4.31 Å². The van der Waals surface area contributed by atoms with E-state index in [1.54, 1.807) is 11.8 Å². The number of carbonyl (C=O) groups is 1. The van der Waals surface area contributed by atoms with Crippen molar-refractivity contribution in [3.8, 4) is 0 Å². The number of carboxylic acids is 1. The van der Waals surface area contributed by atoms with Crippen LogP contribution in [0.4, 0.5) is 0 Å². The molecule has 2 rings (SSSR count). The van der Waals surface area contributed by atoms with E-state index in [9.17, 15) is 9.00 Å². The first-order valence-corrected chi connectivity index (χ1v) is 6.96. The van der Waals surface area contributed by atoms with Gasteiger partial charge in [0.05, 0.1) is 5.88 Å². The monoisotopic (exact) mass is 246 g/mol. The third-order valence-corrected chi connectivity index (χ3v) is 4.72. The minimum atomic E-state index is -1.03. The van der Waals surface area contributed by atoms with Gasteiger partial charge in [-0.1, -0.05) is 0 Å². The van der Waals surface area contributed by atoms with Crippen molar-refractivity contribution in [3.05, 3.63) is 0 Å². The van der Waals surface area contributed by atoms with Crippen molar-refractivity contribution in [1.82, 2.24) is 9.21 Å². The Hall–Kier alpha value is -0.460. The summed E-state index contributed by atoms with van der Waals surface area (Å²) >= 11 is 0. The van der Waals surface area contributed by atoms with E-state index in [0.717, 1.165) is 19.0 Å². The second-order valence-electron chi connectivity index (χ2n) is 4.61. The number of rotatable bonds is 4. The van der Waals surface area contributed by atoms with Gasteiger partial charge in [-0.3, -0.25) is 9.69 Å². The molecule has 0 aromatic rings. The molecule has 1 saturated heterocycles. The minimum absolute atomic E-state index is 0.361. The van der Waals surface area contributed by atoms with Crippen molar-refractivity contribution in [3.63, 3.8) is 0 Å². The third kappa shape index (κ3) is 2.81. The Balaban J connectivity index is 1.86. The van der Waals surface area contributed by atoms with Crippen molar-refractivity contribution >= 4 is 17.0 Å². The lowest BCUT2D eigenvalue weighted by molar-refractivity contribution is -0.142. The summed E-state index contributed by atoms with van der Waals surface area (Å²) < 4.78 is 13.9. The molecule has 0 aromatic heterocycles. The van der Waals surface area contributed by atoms with Crippen LogP contribution in [0.1, 0.15) is 19.8 Å². The van der Waals surface area contributed by atoms with E-state index in [1.165, 1.54) is 12.8 Å². The van der Waals surface area contributed by atoms with Gasteiger partial charge in [0.25, 0.3) is 0 Å². The van der Waals surface area contributed by atoms with E-state index in [-0.39, 0.29) is 0 Å². The SMILES string of the molecule is CC(C(=O)O)N1CCN(CC2CC2)S(=O)C1. The average molecular weight is 246 g/mol. The first-order chi connectivity index (χ1) is 7.58. The van der Waals surface area contributed by atoms with E-state index in [0.29, 0.717) is 12.4 Å². The van der Waals surface area contributed by atoms with Crippen LogP contribution >= 0.6 is 0 Å². The van der Waals surface area contributed by atoms with Gasteiger partial charge in [0.1, 0.15) is 17.0 Å². The molecule has 0 radical (unpaired) electrons. The number of nitrogens with zero attached hydrogens (tertiary/aromatic N) is 2. The molecule has 6 heteroatoms. The highest BCUT2D eigenvalue weighted by Gasteiger charge is 2.32. The molecule has 1 N–H and O–H groups in total. The lowest BCUT2D eigenvalue weighted by Gasteiger charge is -2.35. The molecule has 2 unspecified atom stereocenters. The highest BCUT2D eigenvalue weighted by Crippen LogP contribution is 2.30. The fraction of sp³-hybridized carbons (Fsp3) is 0.900. The summed E-state index contributed by atoms with van der Waals surface area (Å²) in [6.07, 6.45) is 2.51. The van der Waals surface area contributed by atoms with Crippen molar-refractivity contribution in [2.75, 3.05) is 25.5 Å². The second-order valence-corrected chi connectivity index (χ2v) is 6.03. The molecule has 5 nitrogen and oxygen atoms in total. The van der Waals surface area contributed by atoms with Crippen LogP contribution in [0.15, 0.2) is 0 Å². The highest BCUT2D eigenvalue weighted by atomic mass is 32.2. The third-order valence-electron chi connectivity index (χ3n) is 3.26. The van der Waals surface area contributed by atoms with Crippen LogP contribution in [0.5, 0.6) is 0 Å². The zero-order chi connectivity index (χ0) is 11.7. The summed E-state index contributed by atoms with van der Waals surface area (Å²) in [6.45, 7) is 3.99. The number of aliphatic carboxylic acids is 1. The standard InChI is InChI=1S/C10H18N2O3S/c1-8(10(13)14)11-4-5-12(16(15)7-11)6-9-2-3-9/h8-9H,2-7H2,1H3,(H,13,14). The first kappa shape index (κ1) is 12.0. The number of hydrogen-bond acceptors (Lipinski definition) is 3. The minimum Gasteiger partial charge on any atom is -0.480 e. The van der Waals surface area contributed by atoms with Crippen LogP contribution in [-0.4, -0.2) is 56.0 Å². The lowest BCUT2D eigenvalue weighted by atomic mass is 10.3. The largest absolute Gasteiger partial charge is 0.480 e. The second kappa shape index (κ2) is 4.81. The predicted molar refractivity (Wildman–Crippen MR) is 61.1 cm³/mol. The average Bonchev–Trinajstić information content (AvgIpc) is 3.03. The molecule has 2 aliphatic rings. The Bertz CT molecular complexity index is 306. The summed E-state index contributed by atoms with van der Waals surface area (Å²) in [5.74, 6) is 0.250. The molecule has 1 heterocycles. The molecule has 2 atom stereocenters. The van der Waals surface area contributed by atoms with E-state index in [4.69, 9.17) is 5.11 Å². The molecule has 0 amide bonds. The Morgan fingerprint density at radius 2 is 2.19 bits per heavy atom. The maximum atomic E-state index is 11.9. The summed E-state index contributed by atoms with van der Waals surface area (Å²) in [4.78, 5) is 12.6. The zero-order valence-electron chi connectivity index (χ0n) is 9.46. The Labute approximate surface area is 98.0 Å². The molecular weight excluding hydrogens is 228 g/mol. The topological polar surface area (TPSA) is 60.9 Å². The van der Waals surface area contributed by atoms with Gasteiger partial charge in [-0.25, -0.2) is 8.51 Å². The predicted octanol–water partition coefficient (Wildman–Crippen LogP) is 0.108. The van der Waals surface area contributed by atoms with E-state index >= 15 is 0 Å². The maximum absolute atomic E-state index is 11.9. The van der Waals surface area contributed by atoms with Crippen molar-refractivity contribution in [1.29, 1.82) is 0 Å². The summed E-state index contributed by atoms with van der Waals surface area (Å²) in [7, 11) is -1.03. The zero-order valence-corrected chi connectivity index (χ0v) is 10.3. The van der Waals surface area contributed by atoms with E-state index < -0.39 is 23.0 Å².